The van der Waals surface area contributed by atoms with Crippen LogP contribution in [0.3, 0.4) is 0 Å². The smallest absolute Gasteiger partial charge is 0.245 e. The highest BCUT2D eigenvalue weighted by Crippen LogP contribution is 2.63. The first-order valence-corrected chi connectivity index (χ1v) is 13.9. The topological polar surface area (TPSA) is 133 Å². The van der Waals surface area contributed by atoms with Crippen molar-refractivity contribution in [1.82, 2.24) is 0 Å². The van der Waals surface area contributed by atoms with Crippen molar-refractivity contribution in [2.24, 2.45) is 17.8 Å². The molecule has 2 aliphatic heterocycles. The molecule has 0 radical (unpaired) electrons. The molecule has 42 heavy (non-hydrogen) atoms. The van der Waals surface area contributed by atoms with Gasteiger partial charge in [-0.1, -0.05) is 17.7 Å². The average molecular weight is 565 g/mol. The monoisotopic (exact) mass is 564 g/mol. The molecule has 2 aliphatic carbocycles. The molecule has 0 spiro atoms. The average Bonchev–Trinajstić information content (AvgIpc) is 3.34. The van der Waals surface area contributed by atoms with Crippen LogP contribution in [-0.2, 0) is 10.5 Å². The number of furan rings is 1. The van der Waals surface area contributed by atoms with Gasteiger partial charge in [0.25, 0.3) is 0 Å². The van der Waals surface area contributed by atoms with Crippen molar-refractivity contribution in [3.8, 4) is 40.1 Å². The lowest BCUT2D eigenvalue weighted by Gasteiger charge is -2.58. The highest BCUT2D eigenvalue weighted by atomic mass is 16.7. The number of aromatic hydroxyl groups is 4. The number of aliphatic hydroxyl groups is 1. The van der Waals surface area contributed by atoms with Crippen LogP contribution in [0.4, 0.5) is 0 Å². The third-order valence-corrected chi connectivity index (χ3v) is 9.13. The number of allylic oxidation sites excluding steroid dienone is 3. The molecule has 1 fully saturated rings. The van der Waals surface area contributed by atoms with Crippen molar-refractivity contribution in [3.63, 3.8) is 0 Å². The highest BCUT2D eigenvalue weighted by Gasteiger charge is 2.63. The fourth-order valence-corrected chi connectivity index (χ4v) is 7.54. The van der Waals surface area contributed by atoms with E-state index in [1.165, 1.54) is 35.9 Å². The lowest BCUT2D eigenvalue weighted by atomic mass is 9.58. The molecule has 4 aromatic rings. The predicted octanol–water partition coefficient (Wildman–Crippen LogP) is 6.86. The zero-order valence-corrected chi connectivity index (χ0v) is 22.6. The van der Waals surface area contributed by atoms with Crippen molar-refractivity contribution in [2.75, 3.05) is 0 Å². The standard InChI is InChI=1S/C34H28O8/c1-16-6-25-23-4-2-20(36)14-31(23)41-34(27-5-3-19(35)13-28(27)39)33(25)26(7-16)24-10-18-11-29(40-30(18)15-32(24)42-34)17-8-21(37)12-22(38)9-17/h2-5,7-15,23,25-26,31,33,35-39H,6H2,1H3/t23?,25-,26-,31?,33-,34+/m0/s1. The summed E-state index contributed by atoms with van der Waals surface area (Å²) in [5.41, 5.74) is 3.65. The van der Waals surface area contributed by atoms with Crippen LogP contribution < -0.4 is 4.74 Å². The summed E-state index contributed by atoms with van der Waals surface area (Å²) in [5, 5.41) is 52.5. The Morgan fingerprint density at radius 2 is 1.67 bits per heavy atom. The molecule has 3 heterocycles. The Balaban J connectivity index is 1.35. The molecule has 0 amide bonds. The number of ether oxygens (including phenoxy) is 2. The van der Waals surface area contributed by atoms with Crippen molar-refractivity contribution in [1.29, 1.82) is 0 Å². The summed E-state index contributed by atoms with van der Waals surface area (Å²) in [4.78, 5) is 0. The van der Waals surface area contributed by atoms with Gasteiger partial charge in [-0.15, -0.1) is 0 Å². The maximum atomic E-state index is 11.2. The van der Waals surface area contributed by atoms with Crippen LogP contribution >= 0.6 is 0 Å². The van der Waals surface area contributed by atoms with Gasteiger partial charge >= 0.3 is 0 Å². The normalized spacial score (nSPS) is 29.1. The number of benzene rings is 3. The first-order valence-electron chi connectivity index (χ1n) is 13.9. The van der Waals surface area contributed by atoms with E-state index in [-0.39, 0.29) is 52.4 Å². The fraction of sp³-hybridized carbons (Fsp3) is 0.235. The number of fused-ring (bicyclic) bond motifs is 5. The van der Waals surface area contributed by atoms with E-state index in [1.54, 1.807) is 18.2 Å². The van der Waals surface area contributed by atoms with Crippen LogP contribution in [0.1, 0.15) is 30.4 Å². The summed E-state index contributed by atoms with van der Waals surface area (Å²) in [6.45, 7) is 2.12. The maximum absolute atomic E-state index is 11.2. The van der Waals surface area contributed by atoms with Crippen molar-refractivity contribution in [3.05, 3.63) is 101 Å². The van der Waals surface area contributed by atoms with E-state index < -0.39 is 11.9 Å². The van der Waals surface area contributed by atoms with E-state index >= 15 is 0 Å². The molecule has 2 unspecified atom stereocenters. The van der Waals surface area contributed by atoms with E-state index in [0.29, 0.717) is 28.2 Å². The van der Waals surface area contributed by atoms with Crippen molar-refractivity contribution < 1.29 is 39.4 Å². The molecule has 8 nitrogen and oxygen atoms in total. The van der Waals surface area contributed by atoms with Gasteiger partial charge in [-0.2, -0.15) is 0 Å². The summed E-state index contributed by atoms with van der Waals surface area (Å²) in [5.74, 6) is -1.03. The van der Waals surface area contributed by atoms with E-state index in [1.807, 2.05) is 24.3 Å². The van der Waals surface area contributed by atoms with Crippen LogP contribution in [0.15, 0.2) is 94.7 Å². The van der Waals surface area contributed by atoms with E-state index in [4.69, 9.17) is 13.9 Å². The summed E-state index contributed by atoms with van der Waals surface area (Å²) in [7, 11) is 0. The third kappa shape index (κ3) is 3.58. The molecule has 4 aliphatic rings. The molecule has 5 N–H and O–H groups in total. The molecule has 0 bridgehead atoms. The summed E-state index contributed by atoms with van der Waals surface area (Å²) < 4.78 is 19.9. The number of hydrogen-bond acceptors (Lipinski definition) is 8. The maximum Gasteiger partial charge on any atom is 0.245 e. The molecule has 8 heteroatoms. The lowest BCUT2D eigenvalue weighted by Crippen LogP contribution is -2.60. The molecule has 6 atom stereocenters. The van der Waals surface area contributed by atoms with Gasteiger partial charge in [0.15, 0.2) is 0 Å². The van der Waals surface area contributed by atoms with Gasteiger partial charge in [-0.3, -0.25) is 0 Å². The zero-order valence-electron chi connectivity index (χ0n) is 22.6. The van der Waals surface area contributed by atoms with Crippen molar-refractivity contribution >= 4 is 11.0 Å². The molecular formula is C34H28O8. The highest BCUT2D eigenvalue weighted by molar-refractivity contribution is 5.86. The first-order chi connectivity index (χ1) is 20.2. The SMILES string of the molecule is CC1=C[C@H]2c3cc4cc(-c5cc(O)cc(O)c5)oc4cc3O[C@@]3(c4ccc(O)cc4O)OC4C=C(O)C=CC4[C@H](C1)[C@@H]23. The second-order valence-electron chi connectivity index (χ2n) is 11.8. The van der Waals surface area contributed by atoms with Gasteiger partial charge in [0.2, 0.25) is 5.79 Å². The molecule has 1 saturated heterocycles. The minimum Gasteiger partial charge on any atom is -0.508 e. The predicted molar refractivity (Wildman–Crippen MR) is 153 cm³/mol. The van der Waals surface area contributed by atoms with E-state index in [0.717, 1.165) is 17.4 Å². The molecule has 0 saturated carbocycles. The second kappa shape index (κ2) is 8.59. The minimum absolute atomic E-state index is 0.0164. The molecule has 1 aromatic heterocycles. The molecule has 212 valence electrons. The Labute approximate surface area is 240 Å². The molecular weight excluding hydrogens is 536 g/mol. The second-order valence-corrected chi connectivity index (χ2v) is 11.8. The zero-order chi connectivity index (χ0) is 28.9. The molecule has 8 rings (SSSR count). The van der Waals surface area contributed by atoms with Gasteiger partial charge in [0, 0.05) is 52.5 Å². The van der Waals surface area contributed by atoms with Gasteiger partial charge < -0.3 is 39.4 Å². The Kier molecular flexibility index (Phi) is 5.10. The van der Waals surface area contributed by atoms with Crippen LogP contribution in [0, 0.1) is 17.8 Å². The van der Waals surface area contributed by atoms with Crippen LogP contribution in [0.5, 0.6) is 28.7 Å². The Hall–Kier alpha value is -4.82. The third-order valence-electron chi connectivity index (χ3n) is 9.13. The van der Waals surface area contributed by atoms with Crippen molar-refractivity contribution in [2.45, 2.75) is 31.2 Å². The Morgan fingerprint density at radius 3 is 2.45 bits per heavy atom. The van der Waals surface area contributed by atoms with Crippen LogP contribution in [0.2, 0.25) is 0 Å². The van der Waals surface area contributed by atoms with Gasteiger partial charge in [0.05, 0.1) is 11.7 Å². The van der Waals surface area contributed by atoms with Gasteiger partial charge in [-0.25, -0.2) is 0 Å². The largest absolute Gasteiger partial charge is 0.508 e. The summed E-state index contributed by atoms with van der Waals surface area (Å²) >= 11 is 0. The fourth-order valence-electron chi connectivity index (χ4n) is 7.54. The number of phenols is 4. The Morgan fingerprint density at radius 1 is 0.857 bits per heavy atom. The summed E-state index contributed by atoms with van der Waals surface area (Å²) in [6.07, 6.45) is 7.95. The Bertz CT molecular complexity index is 1860. The van der Waals surface area contributed by atoms with Gasteiger partial charge in [-0.05, 0) is 67.8 Å². The molecule has 3 aromatic carbocycles. The summed E-state index contributed by atoms with van der Waals surface area (Å²) in [6, 6.07) is 14.5. The van der Waals surface area contributed by atoms with Crippen LogP contribution in [-0.4, -0.2) is 31.6 Å². The number of hydrogen-bond donors (Lipinski definition) is 5. The van der Waals surface area contributed by atoms with Crippen LogP contribution in [0.25, 0.3) is 22.3 Å². The quantitative estimate of drug-likeness (QED) is 0.167. The first kappa shape index (κ1) is 24.9. The minimum atomic E-state index is -1.43. The lowest BCUT2D eigenvalue weighted by molar-refractivity contribution is -0.304. The number of aliphatic hydroxyl groups excluding tert-OH is 1. The van der Waals surface area contributed by atoms with E-state index in [2.05, 4.69) is 13.0 Å². The number of phenolic OH excluding ortho intramolecular Hbond substituents is 4. The van der Waals surface area contributed by atoms with Gasteiger partial charge in [0.1, 0.15) is 45.8 Å². The number of rotatable bonds is 2. The van der Waals surface area contributed by atoms with E-state index in [9.17, 15) is 25.5 Å².